The summed E-state index contributed by atoms with van der Waals surface area (Å²) in [5.74, 6) is 0.412. The molecule has 1 amide bonds. The Labute approximate surface area is 175 Å². The molecule has 1 aromatic heterocycles. The minimum atomic E-state index is -0.353. The number of aromatic nitrogens is 2. The highest BCUT2D eigenvalue weighted by molar-refractivity contribution is 6.02. The lowest BCUT2D eigenvalue weighted by Gasteiger charge is -2.36. The van der Waals surface area contributed by atoms with Crippen molar-refractivity contribution < 1.29 is 4.79 Å². The van der Waals surface area contributed by atoms with Gasteiger partial charge in [-0.25, -0.2) is 0 Å². The van der Waals surface area contributed by atoms with Crippen LogP contribution in [0, 0.1) is 18.3 Å². The lowest BCUT2D eigenvalue weighted by atomic mass is 10.2. The van der Waals surface area contributed by atoms with Gasteiger partial charge in [0.15, 0.2) is 11.5 Å². The molecule has 2 aromatic carbocycles. The maximum atomic E-state index is 12.4. The number of amides is 1. The summed E-state index contributed by atoms with van der Waals surface area (Å²) in [7, 11) is 0. The summed E-state index contributed by atoms with van der Waals surface area (Å²) in [6.07, 6.45) is 0. The molecule has 2 heterocycles. The van der Waals surface area contributed by atoms with Gasteiger partial charge in [0.2, 0.25) is 0 Å². The van der Waals surface area contributed by atoms with Gasteiger partial charge in [0.05, 0.1) is 11.6 Å². The van der Waals surface area contributed by atoms with Crippen molar-refractivity contribution in [1.82, 2.24) is 10.2 Å². The third-order valence-electron chi connectivity index (χ3n) is 5.10. The largest absolute Gasteiger partial charge is 0.368 e. The van der Waals surface area contributed by atoms with Crippen LogP contribution in [-0.4, -0.2) is 42.3 Å². The Hall–Kier alpha value is -3.92. The van der Waals surface area contributed by atoms with E-state index in [1.165, 1.54) is 11.3 Å². The van der Waals surface area contributed by atoms with E-state index in [4.69, 9.17) is 5.26 Å². The van der Waals surface area contributed by atoms with Crippen molar-refractivity contribution in [3.8, 4) is 6.07 Å². The summed E-state index contributed by atoms with van der Waals surface area (Å²) in [5, 5.41) is 20.1. The van der Waals surface area contributed by atoms with E-state index in [0.717, 1.165) is 32.0 Å². The molecule has 0 atom stereocenters. The number of hydrogen-bond donors (Lipinski definition) is 1. The number of nitrogens with one attached hydrogen (secondary N) is 1. The first kappa shape index (κ1) is 19.4. The summed E-state index contributed by atoms with van der Waals surface area (Å²) < 4.78 is 0. The smallest absolute Gasteiger partial charge is 0.276 e. The molecule has 1 saturated heterocycles. The zero-order valence-corrected chi connectivity index (χ0v) is 16.7. The number of nitriles is 1. The second-order valence-corrected chi connectivity index (χ2v) is 7.24. The molecule has 30 heavy (non-hydrogen) atoms. The molecular weight excluding hydrogens is 376 g/mol. The summed E-state index contributed by atoms with van der Waals surface area (Å²) in [6.45, 7) is 5.60. The Balaban J connectivity index is 1.37. The third-order valence-corrected chi connectivity index (χ3v) is 5.10. The lowest BCUT2D eigenvalue weighted by Crippen LogP contribution is -2.47. The van der Waals surface area contributed by atoms with E-state index in [2.05, 4.69) is 62.6 Å². The zero-order chi connectivity index (χ0) is 20.9. The van der Waals surface area contributed by atoms with Crippen LogP contribution in [0.1, 0.15) is 21.6 Å². The van der Waals surface area contributed by atoms with Crippen LogP contribution >= 0.6 is 0 Å². The maximum Gasteiger partial charge on any atom is 0.276 e. The van der Waals surface area contributed by atoms with Gasteiger partial charge < -0.3 is 15.1 Å². The lowest BCUT2D eigenvalue weighted by molar-refractivity contribution is 0.102. The van der Waals surface area contributed by atoms with E-state index in [9.17, 15) is 4.79 Å². The molecule has 0 radical (unpaired) electrons. The van der Waals surface area contributed by atoms with Gasteiger partial charge in [0, 0.05) is 37.6 Å². The van der Waals surface area contributed by atoms with E-state index < -0.39 is 0 Å². The molecule has 7 nitrogen and oxygen atoms in total. The number of benzene rings is 2. The summed E-state index contributed by atoms with van der Waals surface area (Å²) in [4.78, 5) is 17.0. The number of nitrogens with zero attached hydrogens (tertiary/aromatic N) is 5. The standard InChI is InChI=1S/C23H22N6O/c1-17-4-2-7-20(14-17)28-10-12-29(13-11-28)22-9-8-21(26-27-22)23(30)25-19-6-3-5-18(15-19)16-24/h2-9,14-15H,10-13H2,1H3,(H,25,30). The molecule has 1 N–H and O–H groups in total. The van der Waals surface area contributed by atoms with Gasteiger partial charge in [-0.15, -0.1) is 10.2 Å². The normalized spacial score (nSPS) is 13.6. The number of carbonyl (C=O) groups excluding carboxylic acids is 1. The molecule has 0 spiro atoms. The number of piperazine rings is 1. The first-order valence-electron chi connectivity index (χ1n) is 9.84. The van der Waals surface area contributed by atoms with Crippen molar-refractivity contribution in [3.63, 3.8) is 0 Å². The maximum absolute atomic E-state index is 12.4. The van der Waals surface area contributed by atoms with Gasteiger partial charge in [-0.3, -0.25) is 4.79 Å². The Kier molecular flexibility index (Phi) is 5.57. The van der Waals surface area contributed by atoms with Crippen LogP contribution in [0.15, 0.2) is 60.7 Å². The van der Waals surface area contributed by atoms with Crippen LogP contribution in [0.5, 0.6) is 0 Å². The van der Waals surface area contributed by atoms with Crippen LogP contribution in [0.2, 0.25) is 0 Å². The van der Waals surface area contributed by atoms with Crippen LogP contribution in [0.3, 0.4) is 0 Å². The molecule has 3 aromatic rings. The van der Waals surface area contributed by atoms with Crippen molar-refractivity contribution in [3.05, 3.63) is 77.5 Å². The van der Waals surface area contributed by atoms with Crippen molar-refractivity contribution in [2.75, 3.05) is 41.3 Å². The van der Waals surface area contributed by atoms with Crippen LogP contribution in [0.25, 0.3) is 0 Å². The van der Waals surface area contributed by atoms with Gasteiger partial charge in [-0.1, -0.05) is 18.2 Å². The molecule has 0 saturated carbocycles. The summed E-state index contributed by atoms with van der Waals surface area (Å²) in [5.41, 5.74) is 3.78. The molecule has 7 heteroatoms. The Morgan fingerprint density at radius 2 is 1.73 bits per heavy atom. The average molecular weight is 398 g/mol. The van der Waals surface area contributed by atoms with E-state index in [1.54, 1.807) is 30.3 Å². The Bertz CT molecular complexity index is 1080. The molecule has 1 aliphatic rings. The van der Waals surface area contributed by atoms with Crippen LogP contribution < -0.4 is 15.1 Å². The molecule has 1 aliphatic heterocycles. The molecule has 1 fully saturated rings. The highest BCUT2D eigenvalue weighted by Gasteiger charge is 2.19. The van der Waals surface area contributed by atoms with E-state index >= 15 is 0 Å². The second-order valence-electron chi connectivity index (χ2n) is 7.24. The molecule has 4 rings (SSSR count). The van der Waals surface area contributed by atoms with Crippen LogP contribution in [-0.2, 0) is 0 Å². The first-order valence-corrected chi connectivity index (χ1v) is 9.84. The highest BCUT2D eigenvalue weighted by Crippen LogP contribution is 2.20. The monoisotopic (exact) mass is 398 g/mol. The minimum absolute atomic E-state index is 0.236. The molecule has 150 valence electrons. The fraction of sp³-hybridized carbons (Fsp3) is 0.217. The third kappa shape index (κ3) is 4.39. The molecule has 0 aliphatic carbocycles. The Morgan fingerprint density at radius 3 is 2.43 bits per heavy atom. The van der Waals surface area contributed by atoms with E-state index in [1.807, 2.05) is 6.07 Å². The topological polar surface area (TPSA) is 85.1 Å². The average Bonchev–Trinajstić information content (AvgIpc) is 2.79. The van der Waals surface area contributed by atoms with Crippen molar-refractivity contribution in [1.29, 1.82) is 5.26 Å². The van der Waals surface area contributed by atoms with Crippen LogP contribution in [0.4, 0.5) is 17.2 Å². The molecule has 0 unspecified atom stereocenters. The fourth-order valence-corrected chi connectivity index (χ4v) is 3.50. The summed E-state index contributed by atoms with van der Waals surface area (Å²) in [6, 6.07) is 20.8. The predicted molar refractivity (Wildman–Crippen MR) is 117 cm³/mol. The SMILES string of the molecule is Cc1cccc(N2CCN(c3ccc(C(=O)Nc4cccc(C#N)c4)nn3)CC2)c1. The van der Waals surface area contributed by atoms with Crippen molar-refractivity contribution >= 4 is 23.1 Å². The number of hydrogen-bond acceptors (Lipinski definition) is 6. The van der Waals surface area contributed by atoms with Crippen molar-refractivity contribution in [2.24, 2.45) is 0 Å². The van der Waals surface area contributed by atoms with E-state index in [-0.39, 0.29) is 11.6 Å². The van der Waals surface area contributed by atoms with Gasteiger partial charge in [-0.2, -0.15) is 5.26 Å². The second kappa shape index (κ2) is 8.62. The number of carbonyl (C=O) groups is 1. The van der Waals surface area contributed by atoms with Gasteiger partial charge in [0.1, 0.15) is 0 Å². The van der Waals surface area contributed by atoms with Crippen molar-refractivity contribution in [2.45, 2.75) is 6.92 Å². The Morgan fingerprint density at radius 1 is 0.967 bits per heavy atom. The zero-order valence-electron chi connectivity index (χ0n) is 16.7. The quantitative estimate of drug-likeness (QED) is 0.726. The number of rotatable bonds is 4. The van der Waals surface area contributed by atoms with Gasteiger partial charge in [0.25, 0.3) is 5.91 Å². The first-order chi connectivity index (χ1) is 14.6. The predicted octanol–water partition coefficient (Wildman–Crippen LogP) is 3.24. The van der Waals surface area contributed by atoms with Gasteiger partial charge >= 0.3 is 0 Å². The summed E-state index contributed by atoms with van der Waals surface area (Å²) >= 11 is 0. The van der Waals surface area contributed by atoms with E-state index in [0.29, 0.717) is 11.3 Å². The highest BCUT2D eigenvalue weighted by atomic mass is 16.1. The number of anilines is 3. The minimum Gasteiger partial charge on any atom is -0.368 e. The van der Waals surface area contributed by atoms with Gasteiger partial charge in [-0.05, 0) is 55.0 Å². The number of aryl methyl sites for hydroxylation is 1. The fourth-order valence-electron chi connectivity index (χ4n) is 3.50. The molecular formula is C23H22N6O. The molecule has 0 bridgehead atoms.